The van der Waals surface area contributed by atoms with Gasteiger partial charge < -0.3 is 4.74 Å². The van der Waals surface area contributed by atoms with Crippen molar-refractivity contribution in [2.75, 3.05) is 20.2 Å². The molecule has 0 radical (unpaired) electrons. The summed E-state index contributed by atoms with van der Waals surface area (Å²) in [4.78, 5) is 18.9. The van der Waals surface area contributed by atoms with Crippen LogP contribution in [0, 0.1) is 0 Å². The van der Waals surface area contributed by atoms with Crippen LogP contribution in [0.25, 0.3) is 0 Å². The molecule has 18 heavy (non-hydrogen) atoms. The number of hydrogen-bond acceptors (Lipinski definition) is 4. The van der Waals surface area contributed by atoms with Gasteiger partial charge in [0.1, 0.15) is 5.75 Å². The Hall–Kier alpha value is -1.42. The summed E-state index contributed by atoms with van der Waals surface area (Å²) in [6.45, 7) is 5.96. The molecule has 4 nitrogen and oxygen atoms in total. The number of nitrogens with zero attached hydrogens (tertiary/aromatic N) is 2. The van der Waals surface area contributed by atoms with Gasteiger partial charge in [0.15, 0.2) is 5.78 Å². The summed E-state index contributed by atoms with van der Waals surface area (Å²) in [6.07, 6.45) is 5.57. The molecule has 0 aliphatic carbocycles. The molecule has 1 aromatic rings. The first-order valence-corrected chi connectivity index (χ1v) is 6.34. The molecule has 0 unspecified atom stereocenters. The highest BCUT2D eigenvalue weighted by atomic mass is 16.5. The van der Waals surface area contributed by atoms with E-state index in [0.29, 0.717) is 11.3 Å². The van der Waals surface area contributed by atoms with E-state index in [1.165, 1.54) is 12.8 Å². The average Bonchev–Trinajstić information content (AvgIpc) is 2.92. The van der Waals surface area contributed by atoms with Gasteiger partial charge in [-0.15, -0.1) is 0 Å². The van der Waals surface area contributed by atoms with Crippen LogP contribution in [-0.4, -0.2) is 41.4 Å². The van der Waals surface area contributed by atoms with Gasteiger partial charge >= 0.3 is 0 Å². The predicted octanol–water partition coefficient (Wildman–Crippen LogP) is 2.15. The lowest BCUT2D eigenvalue weighted by Crippen LogP contribution is -2.48. The first-order chi connectivity index (χ1) is 8.55. The number of carbonyl (C=O) groups excluding carboxylic acids is 1. The van der Waals surface area contributed by atoms with Gasteiger partial charge in [-0.2, -0.15) is 0 Å². The van der Waals surface area contributed by atoms with Crippen molar-refractivity contribution in [3.63, 3.8) is 0 Å². The lowest BCUT2D eigenvalue weighted by Gasteiger charge is -2.33. The average molecular weight is 248 g/mol. The Labute approximate surface area is 108 Å². The summed E-state index contributed by atoms with van der Waals surface area (Å²) >= 11 is 0. The van der Waals surface area contributed by atoms with Gasteiger partial charge in [-0.25, -0.2) is 0 Å². The van der Waals surface area contributed by atoms with Crippen LogP contribution in [0.1, 0.15) is 37.0 Å². The molecule has 0 bridgehead atoms. The number of ether oxygens (including phenoxy) is 1. The SMILES string of the molecule is COc1cncc(C(=O)C(C)(C)N2CCCC2)c1. The predicted molar refractivity (Wildman–Crippen MR) is 70.0 cm³/mol. The smallest absolute Gasteiger partial charge is 0.184 e. The third kappa shape index (κ3) is 2.38. The molecule has 1 aliphatic heterocycles. The minimum atomic E-state index is -0.468. The zero-order valence-corrected chi connectivity index (χ0v) is 11.3. The third-order valence-corrected chi connectivity index (χ3v) is 3.66. The fourth-order valence-corrected chi connectivity index (χ4v) is 2.43. The third-order valence-electron chi connectivity index (χ3n) is 3.66. The quantitative estimate of drug-likeness (QED) is 0.766. The van der Waals surface area contributed by atoms with Crippen molar-refractivity contribution in [1.82, 2.24) is 9.88 Å². The zero-order chi connectivity index (χ0) is 13.2. The van der Waals surface area contributed by atoms with Crippen LogP contribution in [0.3, 0.4) is 0 Å². The van der Waals surface area contributed by atoms with Crippen LogP contribution in [-0.2, 0) is 0 Å². The molecule has 98 valence electrons. The maximum atomic E-state index is 12.6. The molecule has 0 N–H and O–H groups in total. The van der Waals surface area contributed by atoms with Crippen molar-refractivity contribution in [3.05, 3.63) is 24.0 Å². The van der Waals surface area contributed by atoms with Gasteiger partial charge in [0, 0.05) is 11.8 Å². The lowest BCUT2D eigenvalue weighted by molar-refractivity contribution is 0.0702. The summed E-state index contributed by atoms with van der Waals surface area (Å²) in [5.41, 5.74) is 0.149. The summed E-state index contributed by atoms with van der Waals surface area (Å²) in [7, 11) is 1.58. The van der Waals surface area contributed by atoms with Gasteiger partial charge in [-0.1, -0.05) is 0 Å². The Balaban J connectivity index is 2.23. The molecule has 2 heterocycles. The van der Waals surface area contributed by atoms with Crippen molar-refractivity contribution in [1.29, 1.82) is 0 Å². The zero-order valence-electron chi connectivity index (χ0n) is 11.3. The van der Waals surface area contributed by atoms with Crippen LogP contribution in [0.2, 0.25) is 0 Å². The maximum Gasteiger partial charge on any atom is 0.184 e. The Morgan fingerprint density at radius 2 is 2.00 bits per heavy atom. The highest BCUT2D eigenvalue weighted by molar-refractivity contribution is 6.02. The second-order valence-corrected chi connectivity index (χ2v) is 5.20. The van der Waals surface area contributed by atoms with Crippen LogP contribution in [0.15, 0.2) is 18.5 Å². The molecule has 1 fully saturated rings. The second kappa shape index (κ2) is 5.06. The van der Waals surface area contributed by atoms with Crippen LogP contribution >= 0.6 is 0 Å². The van der Waals surface area contributed by atoms with Crippen molar-refractivity contribution in [2.24, 2.45) is 0 Å². The van der Waals surface area contributed by atoms with E-state index in [2.05, 4.69) is 9.88 Å². The van der Waals surface area contributed by atoms with E-state index in [-0.39, 0.29) is 5.78 Å². The Morgan fingerprint density at radius 3 is 2.61 bits per heavy atom. The molecule has 1 saturated heterocycles. The Kier molecular flexibility index (Phi) is 3.66. The van der Waals surface area contributed by atoms with E-state index in [1.807, 2.05) is 13.8 Å². The van der Waals surface area contributed by atoms with Crippen molar-refractivity contribution >= 4 is 5.78 Å². The number of pyridine rings is 1. The van der Waals surface area contributed by atoms with Gasteiger partial charge in [0.25, 0.3) is 0 Å². The lowest BCUT2D eigenvalue weighted by atomic mass is 9.92. The van der Waals surface area contributed by atoms with Gasteiger partial charge in [-0.3, -0.25) is 14.7 Å². The minimum absolute atomic E-state index is 0.107. The van der Waals surface area contributed by atoms with Crippen molar-refractivity contribution < 1.29 is 9.53 Å². The number of carbonyl (C=O) groups is 1. The summed E-state index contributed by atoms with van der Waals surface area (Å²) in [5, 5.41) is 0. The van der Waals surface area contributed by atoms with E-state index in [4.69, 9.17) is 4.74 Å². The van der Waals surface area contributed by atoms with Crippen molar-refractivity contribution in [2.45, 2.75) is 32.2 Å². The minimum Gasteiger partial charge on any atom is -0.495 e. The normalized spacial score (nSPS) is 16.8. The number of aromatic nitrogens is 1. The van der Waals surface area contributed by atoms with E-state index in [1.54, 1.807) is 25.6 Å². The topological polar surface area (TPSA) is 42.4 Å². The first kappa shape index (κ1) is 13.0. The standard InChI is InChI=1S/C14H20N2O2/c1-14(2,16-6-4-5-7-16)13(17)11-8-12(18-3)10-15-9-11/h8-10H,4-7H2,1-3H3. The molecule has 2 rings (SSSR count). The number of hydrogen-bond donors (Lipinski definition) is 0. The second-order valence-electron chi connectivity index (χ2n) is 5.20. The Bertz CT molecular complexity index is 437. The monoisotopic (exact) mass is 248 g/mol. The van der Waals surface area contributed by atoms with Crippen LogP contribution < -0.4 is 4.74 Å². The molecule has 0 amide bonds. The summed E-state index contributed by atoms with van der Waals surface area (Å²) < 4.78 is 5.11. The fraction of sp³-hybridized carbons (Fsp3) is 0.571. The van der Waals surface area contributed by atoms with Crippen molar-refractivity contribution in [3.8, 4) is 5.75 Å². The number of likely N-dealkylation sites (tertiary alicyclic amines) is 1. The maximum absolute atomic E-state index is 12.6. The molecule has 0 aromatic carbocycles. The fourth-order valence-electron chi connectivity index (χ4n) is 2.43. The van der Waals surface area contributed by atoms with E-state index < -0.39 is 5.54 Å². The molecular formula is C14H20N2O2. The number of rotatable bonds is 4. The highest BCUT2D eigenvalue weighted by Crippen LogP contribution is 2.25. The van der Waals surface area contributed by atoms with Crippen LogP contribution in [0.4, 0.5) is 0 Å². The molecular weight excluding hydrogens is 228 g/mol. The van der Waals surface area contributed by atoms with Gasteiger partial charge in [-0.05, 0) is 45.8 Å². The highest BCUT2D eigenvalue weighted by Gasteiger charge is 2.36. The molecule has 0 spiro atoms. The molecule has 1 aromatic heterocycles. The van der Waals surface area contributed by atoms with E-state index >= 15 is 0 Å². The number of methoxy groups -OCH3 is 1. The molecule has 0 saturated carbocycles. The summed E-state index contributed by atoms with van der Waals surface area (Å²) in [5.74, 6) is 0.730. The van der Waals surface area contributed by atoms with E-state index in [9.17, 15) is 4.79 Å². The summed E-state index contributed by atoms with van der Waals surface area (Å²) in [6, 6.07) is 1.76. The number of ketones is 1. The van der Waals surface area contributed by atoms with E-state index in [0.717, 1.165) is 13.1 Å². The Morgan fingerprint density at radius 1 is 1.33 bits per heavy atom. The van der Waals surface area contributed by atoms with Crippen LogP contribution in [0.5, 0.6) is 5.75 Å². The molecule has 4 heteroatoms. The molecule has 0 atom stereocenters. The largest absolute Gasteiger partial charge is 0.495 e. The van der Waals surface area contributed by atoms with Gasteiger partial charge in [0.2, 0.25) is 0 Å². The molecule has 1 aliphatic rings. The number of Topliss-reactive ketones (excluding diaryl/α,β-unsaturated/α-hetero) is 1. The van der Waals surface area contributed by atoms with Gasteiger partial charge in [0.05, 0.1) is 18.8 Å². The first-order valence-electron chi connectivity index (χ1n) is 6.34.